The zero-order chi connectivity index (χ0) is 17.9. The van der Waals surface area contributed by atoms with Crippen LogP contribution in [0.4, 0.5) is 4.39 Å². The molecule has 4 nitrogen and oxygen atoms in total. The van der Waals surface area contributed by atoms with Gasteiger partial charge in [-0.05, 0) is 55.5 Å². The van der Waals surface area contributed by atoms with Crippen molar-refractivity contribution in [3.05, 3.63) is 84.2 Å². The first kappa shape index (κ1) is 17.0. The van der Waals surface area contributed by atoms with Crippen molar-refractivity contribution in [3.63, 3.8) is 0 Å². The third-order valence-electron chi connectivity index (χ3n) is 3.40. The van der Waals surface area contributed by atoms with Crippen molar-refractivity contribution in [1.29, 1.82) is 0 Å². The maximum absolute atomic E-state index is 13.0. The second kappa shape index (κ2) is 6.94. The Balaban J connectivity index is 1.87. The molecule has 0 saturated heterocycles. The highest BCUT2D eigenvalue weighted by molar-refractivity contribution is 7.87. The molecule has 0 N–H and O–H groups in total. The average Bonchev–Trinajstić information content (AvgIpc) is 2.59. The minimum Gasteiger partial charge on any atom is -0.453 e. The monoisotopic (exact) mass is 358 g/mol. The predicted molar refractivity (Wildman–Crippen MR) is 91.9 cm³/mol. The Morgan fingerprint density at radius 2 is 1.40 bits per heavy atom. The van der Waals surface area contributed by atoms with Crippen molar-refractivity contribution in [2.24, 2.45) is 0 Å². The van der Waals surface area contributed by atoms with Crippen molar-refractivity contribution >= 4 is 10.1 Å². The van der Waals surface area contributed by atoms with Crippen molar-refractivity contribution in [2.45, 2.75) is 11.8 Å². The number of hydrogen-bond donors (Lipinski definition) is 0. The van der Waals surface area contributed by atoms with Gasteiger partial charge < -0.3 is 8.92 Å². The van der Waals surface area contributed by atoms with Gasteiger partial charge in [-0.1, -0.05) is 29.8 Å². The minimum absolute atomic E-state index is 0.0485. The molecular formula is C19H15FO4S. The first-order chi connectivity index (χ1) is 11.9. The molecule has 0 fully saturated rings. The van der Waals surface area contributed by atoms with Gasteiger partial charge in [0.25, 0.3) is 0 Å². The predicted octanol–water partition coefficient (Wildman–Crippen LogP) is 4.69. The molecule has 0 bridgehead atoms. The summed E-state index contributed by atoms with van der Waals surface area (Å²) in [6.45, 7) is 1.86. The number of ether oxygens (including phenoxy) is 1. The molecule has 0 unspecified atom stereocenters. The molecule has 3 aromatic rings. The standard InChI is InChI=1S/C19H15FO4S/c1-14-6-12-17(13-7-14)25(21,22)24-19-5-3-2-4-18(19)23-16-10-8-15(20)9-11-16/h2-13H,1H3. The highest BCUT2D eigenvalue weighted by atomic mass is 32.2. The van der Waals surface area contributed by atoms with Gasteiger partial charge in [-0.25, -0.2) is 4.39 Å². The Labute approximate surface area is 145 Å². The number of benzene rings is 3. The molecule has 0 saturated carbocycles. The number of rotatable bonds is 5. The van der Waals surface area contributed by atoms with Crippen molar-refractivity contribution in [2.75, 3.05) is 0 Å². The highest BCUT2D eigenvalue weighted by Gasteiger charge is 2.19. The maximum Gasteiger partial charge on any atom is 0.339 e. The van der Waals surface area contributed by atoms with E-state index in [1.807, 2.05) is 6.92 Å². The summed E-state index contributed by atoms with van der Waals surface area (Å²) >= 11 is 0. The summed E-state index contributed by atoms with van der Waals surface area (Å²) < 4.78 is 48.7. The molecule has 25 heavy (non-hydrogen) atoms. The maximum atomic E-state index is 13.0. The molecule has 0 spiro atoms. The normalized spacial score (nSPS) is 11.1. The van der Waals surface area contributed by atoms with E-state index in [1.54, 1.807) is 30.3 Å². The Morgan fingerprint density at radius 1 is 0.800 bits per heavy atom. The molecule has 0 aliphatic rings. The molecule has 0 radical (unpaired) electrons. The van der Waals surface area contributed by atoms with E-state index in [2.05, 4.69) is 0 Å². The lowest BCUT2D eigenvalue weighted by Gasteiger charge is -2.12. The number of para-hydroxylation sites is 2. The Morgan fingerprint density at radius 3 is 2.04 bits per heavy atom. The molecule has 0 aliphatic carbocycles. The smallest absolute Gasteiger partial charge is 0.339 e. The average molecular weight is 358 g/mol. The van der Waals surface area contributed by atoms with E-state index < -0.39 is 10.1 Å². The van der Waals surface area contributed by atoms with E-state index in [0.29, 0.717) is 5.75 Å². The molecule has 0 aromatic heterocycles. The van der Waals surface area contributed by atoms with Gasteiger partial charge in [0.15, 0.2) is 11.5 Å². The number of halogens is 1. The molecule has 3 rings (SSSR count). The minimum atomic E-state index is -3.99. The largest absolute Gasteiger partial charge is 0.453 e. The Bertz CT molecular complexity index is 965. The highest BCUT2D eigenvalue weighted by Crippen LogP contribution is 2.33. The summed E-state index contributed by atoms with van der Waals surface area (Å²) in [5.41, 5.74) is 0.944. The van der Waals surface area contributed by atoms with Crippen LogP contribution in [-0.2, 0) is 10.1 Å². The van der Waals surface area contributed by atoms with E-state index in [4.69, 9.17) is 8.92 Å². The summed E-state index contributed by atoms with van der Waals surface area (Å²) in [5, 5.41) is 0. The summed E-state index contributed by atoms with van der Waals surface area (Å²) in [6.07, 6.45) is 0. The summed E-state index contributed by atoms with van der Waals surface area (Å²) in [6, 6.07) is 18.1. The summed E-state index contributed by atoms with van der Waals surface area (Å²) in [7, 11) is -3.99. The van der Waals surface area contributed by atoms with Crippen LogP contribution in [0.3, 0.4) is 0 Å². The molecule has 0 heterocycles. The van der Waals surface area contributed by atoms with Gasteiger partial charge in [0.05, 0.1) is 0 Å². The molecular weight excluding hydrogens is 343 g/mol. The van der Waals surface area contributed by atoms with Crippen LogP contribution < -0.4 is 8.92 Å². The van der Waals surface area contributed by atoms with Gasteiger partial charge in [0, 0.05) is 0 Å². The van der Waals surface area contributed by atoms with Gasteiger partial charge in [0.2, 0.25) is 0 Å². The first-order valence-corrected chi connectivity index (χ1v) is 8.88. The molecule has 128 valence electrons. The second-order valence-corrected chi connectivity index (χ2v) is 6.90. The van der Waals surface area contributed by atoms with Crippen LogP contribution >= 0.6 is 0 Å². The van der Waals surface area contributed by atoms with Crippen molar-refractivity contribution in [1.82, 2.24) is 0 Å². The third kappa shape index (κ3) is 4.16. The summed E-state index contributed by atoms with van der Waals surface area (Å²) in [5.74, 6) is 0.237. The van der Waals surface area contributed by atoms with E-state index >= 15 is 0 Å². The lowest BCUT2D eigenvalue weighted by molar-refractivity contribution is 0.435. The Kier molecular flexibility index (Phi) is 4.72. The number of hydrogen-bond acceptors (Lipinski definition) is 4. The summed E-state index contributed by atoms with van der Waals surface area (Å²) in [4.78, 5) is 0.0506. The van der Waals surface area contributed by atoms with Crippen LogP contribution in [0.2, 0.25) is 0 Å². The Hall–Kier alpha value is -2.86. The van der Waals surface area contributed by atoms with Gasteiger partial charge in [-0.2, -0.15) is 8.42 Å². The van der Waals surface area contributed by atoms with E-state index in [1.165, 1.54) is 42.5 Å². The van der Waals surface area contributed by atoms with Crippen LogP contribution in [0.5, 0.6) is 17.2 Å². The molecule has 0 atom stereocenters. The van der Waals surface area contributed by atoms with Gasteiger partial charge in [0.1, 0.15) is 16.5 Å². The van der Waals surface area contributed by atoms with E-state index in [9.17, 15) is 12.8 Å². The zero-order valence-electron chi connectivity index (χ0n) is 13.3. The van der Waals surface area contributed by atoms with Crippen LogP contribution in [-0.4, -0.2) is 8.42 Å². The fraction of sp³-hybridized carbons (Fsp3) is 0.0526. The van der Waals surface area contributed by atoms with Gasteiger partial charge in [-0.15, -0.1) is 0 Å². The van der Waals surface area contributed by atoms with Crippen LogP contribution in [0.25, 0.3) is 0 Å². The molecule has 0 amide bonds. The van der Waals surface area contributed by atoms with E-state index in [-0.39, 0.29) is 22.2 Å². The second-order valence-electron chi connectivity index (χ2n) is 5.35. The third-order valence-corrected chi connectivity index (χ3v) is 4.65. The first-order valence-electron chi connectivity index (χ1n) is 7.48. The number of aryl methyl sites for hydroxylation is 1. The van der Waals surface area contributed by atoms with Gasteiger partial charge >= 0.3 is 10.1 Å². The molecule has 0 aliphatic heterocycles. The lowest BCUT2D eigenvalue weighted by atomic mass is 10.2. The van der Waals surface area contributed by atoms with Crippen molar-refractivity contribution < 1.29 is 21.7 Å². The topological polar surface area (TPSA) is 52.6 Å². The SMILES string of the molecule is Cc1ccc(S(=O)(=O)Oc2ccccc2Oc2ccc(F)cc2)cc1. The fourth-order valence-corrected chi connectivity index (χ4v) is 3.04. The zero-order valence-corrected chi connectivity index (χ0v) is 14.2. The van der Waals surface area contributed by atoms with Gasteiger partial charge in [-0.3, -0.25) is 0 Å². The lowest BCUT2D eigenvalue weighted by Crippen LogP contribution is -2.10. The van der Waals surface area contributed by atoms with E-state index in [0.717, 1.165) is 5.56 Å². The van der Waals surface area contributed by atoms with Crippen LogP contribution in [0, 0.1) is 12.7 Å². The van der Waals surface area contributed by atoms with Crippen LogP contribution in [0.15, 0.2) is 77.7 Å². The fourth-order valence-electron chi connectivity index (χ4n) is 2.10. The quantitative estimate of drug-likeness (QED) is 0.621. The van der Waals surface area contributed by atoms with Crippen molar-refractivity contribution in [3.8, 4) is 17.2 Å². The van der Waals surface area contributed by atoms with Crippen LogP contribution in [0.1, 0.15) is 5.56 Å². The molecule has 6 heteroatoms. The molecule has 3 aromatic carbocycles.